The van der Waals surface area contributed by atoms with Gasteiger partial charge in [0, 0.05) is 5.33 Å². The molecule has 1 aromatic heterocycles. The summed E-state index contributed by atoms with van der Waals surface area (Å²) in [5, 5.41) is 0.842. The first-order chi connectivity index (χ1) is 4.33. The van der Waals surface area contributed by atoms with Crippen LogP contribution in [0.3, 0.4) is 0 Å². The van der Waals surface area contributed by atoms with Crippen LogP contribution in [0.2, 0.25) is 0 Å². The Morgan fingerprint density at radius 2 is 2.33 bits per heavy atom. The molecule has 0 aliphatic heterocycles. The Morgan fingerprint density at radius 1 is 1.56 bits per heavy atom. The van der Waals surface area contributed by atoms with Crippen LogP contribution < -0.4 is 5.59 Å². The maximum Gasteiger partial charge on any atom is 0.163 e. The molecule has 0 saturated carbocycles. The first kappa shape index (κ1) is 6.81. The summed E-state index contributed by atoms with van der Waals surface area (Å²) in [6.45, 7) is 0. The van der Waals surface area contributed by atoms with Crippen molar-refractivity contribution in [3.63, 3.8) is 0 Å². The summed E-state index contributed by atoms with van der Waals surface area (Å²) >= 11 is 3.33. The minimum atomic E-state index is 0.842. The highest BCUT2D eigenvalue weighted by Crippen LogP contribution is 1.96. The number of hydrogen-bond donors (Lipinski definition) is 0. The summed E-state index contributed by atoms with van der Waals surface area (Å²) in [6.07, 6.45) is 0. The molecule has 0 atom stereocenters. The van der Waals surface area contributed by atoms with Gasteiger partial charge >= 0.3 is 0 Å². The van der Waals surface area contributed by atoms with E-state index in [9.17, 15) is 0 Å². The van der Waals surface area contributed by atoms with Crippen LogP contribution in [0.15, 0.2) is 18.2 Å². The van der Waals surface area contributed by atoms with Gasteiger partial charge in [0.05, 0.1) is 5.69 Å². The molecule has 0 unspecified atom stereocenters. The van der Waals surface area contributed by atoms with Gasteiger partial charge in [-0.25, -0.2) is 0 Å². The normalized spacial score (nSPS) is 9.44. The molecule has 0 spiro atoms. The molecule has 0 amide bonds. The first-order valence-electron chi connectivity index (χ1n) is 2.81. The van der Waals surface area contributed by atoms with E-state index in [1.807, 2.05) is 26.0 Å². The maximum atomic E-state index is 4.24. The molecule has 1 heterocycles. The largest absolute Gasteiger partial charge is 0.268 e. The zero-order valence-electron chi connectivity index (χ0n) is 5.26. The second-order valence-corrected chi connectivity index (χ2v) is 2.46. The number of halogens is 1. The van der Waals surface area contributed by atoms with E-state index in [0.717, 1.165) is 16.6 Å². The molecule has 0 radical (unpaired) electrons. The van der Waals surface area contributed by atoms with Crippen molar-refractivity contribution in [3.8, 4) is 0 Å². The average molecular weight is 184 g/mol. The van der Waals surface area contributed by atoms with Crippen molar-refractivity contribution in [2.75, 3.05) is 0 Å². The molecule has 0 aromatic carbocycles. The summed E-state index contributed by atoms with van der Waals surface area (Å²) in [5.41, 5.74) is 2.17. The second kappa shape index (κ2) is 3.02. The van der Waals surface area contributed by atoms with Gasteiger partial charge in [0.15, 0.2) is 7.85 Å². The van der Waals surface area contributed by atoms with E-state index < -0.39 is 0 Å². The molecule has 0 saturated heterocycles. The van der Waals surface area contributed by atoms with E-state index in [0.29, 0.717) is 0 Å². The van der Waals surface area contributed by atoms with E-state index in [1.165, 1.54) is 0 Å². The van der Waals surface area contributed by atoms with E-state index in [2.05, 4.69) is 20.9 Å². The maximum absolute atomic E-state index is 4.24. The van der Waals surface area contributed by atoms with E-state index >= 15 is 0 Å². The Bertz CT molecular complexity index is 202. The van der Waals surface area contributed by atoms with Crippen molar-refractivity contribution in [2.24, 2.45) is 0 Å². The number of hydrogen-bond acceptors (Lipinski definition) is 1. The molecule has 0 aliphatic rings. The molecular formula is C6H7BBrN. The fraction of sp³-hybridized carbons (Fsp3) is 0.167. The molecule has 1 aromatic rings. The van der Waals surface area contributed by atoms with E-state index in [-0.39, 0.29) is 0 Å². The summed E-state index contributed by atoms with van der Waals surface area (Å²) < 4.78 is 0. The topological polar surface area (TPSA) is 12.9 Å². The van der Waals surface area contributed by atoms with E-state index in [1.54, 1.807) is 0 Å². The molecule has 3 heteroatoms. The molecule has 1 nitrogen and oxygen atoms in total. The standard InChI is InChI=1S/C6H7BBrN/c7-6-3-1-2-5(4-8)9-6/h1-3H,4,7H2. The highest BCUT2D eigenvalue weighted by Gasteiger charge is 1.88. The van der Waals surface area contributed by atoms with Crippen molar-refractivity contribution in [1.82, 2.24) is 4.98 Å². The van der Waals surface area contributed by atoms with Crippen LogP contribution in [0.5, 0.6) is 0 Å². The van der Waals surface area contributed by atoms with Gasteiger partial charge in [-0.05, 0) is 11.7 Å². The van der Waals surface area contributed by atoms with Crippen LogP contribution in [0.4, 0.5) is 0 Å². The highest BCUT2D eigenvalue weighted by atomic mass is 79.9. The van der Waals surface area contributed by atoms with Gasteiger partial charge in [-0.15, -0.1) is 0 Å². The van der Waals surface area contributed by atoms with Crippen LogP contribution in [-0.4, -0.2) is 12.8 Å². The molecule has 0 bridgehead atoms. The SMILES string of the molecule is Bc1cccc(CBr)n1. The lowest BCUT2D eigenvalue weighted by atomic mass is 10.0. The van der Waals surface area contributed by atoms with Gasteiger partial charge in [-0.1, -0.05) is 28.1 Å². The Labute approximate surface area is 64.0 Å². The Kier molecular flexibility index (Phi) is 2.28. The molecule has 1 rings (SSSR count). The van der Waals surface area contributed by atoms with Crippen molar-refractivity contribution in [1.29, 1.82) is 0 Å². The Hall–Kier alpha value is -0.305. The average Bonchev–Trinajstić information content (AvgIpc) is 1.88. The highest BCUT2D eigenvalue weighted by molar-refractivity contribution is 9.08. The number of rotatable bonds is 1. The van der Waals surface area contributed by atoms with Gasteiger partial charge < -0.3 is 0 Å². The molecule has 0 aliphatic carbocycles. The van der Waals surface area contributed by atoms with Gasteiger partial charge in [-0.3, -0.25) is 4.98 Å². The van der Waals surface area contributed by atoms with Crippen molar-refractivity contribution in [2.45, 2.75) is 5.33 Å². The quantitative estimate of drug-likeness (QED) is 0.449. The lowest BCUT2D eigenvalue weighted by Gasteiger charge is -1.93. The lowest BCUT2D eigenvalue weighted by Crippen LogP contribution is -2.08. The van der Waals surface area contributed by atoms with Crippen LogP contribution >= 0.6 is 15.9 Å². The van der Waals surface area contributed by atoms with Crippen molar-refractivity contribution < 1.29 is 0 Å². The minimum absolute atomic E-state index is 0.842. The van der Waals surface area contributed by atoms with Gasteiger partial charge in [0.2, 0.25) is 0 Å². The van der Waals surface area contributed by atoms with Gasteiger partial charge in [-0.2, -0.15) is 0 Å². The Balaban J connectivity index is 2.94. The fourth-order valence-electron chi connectivity index (χ4n) is 0.674. The van der Waals surface area contributed by atoms with Gasteiger partial charge in [0.1, 0.15) is 0 Å². The van der Waals surface area contributed by atoms with Crippen LogP contribution in [0.25, 0.3) is 0 Å². The zero-order chi connectivity index (χ0) is 6.69. The number of nitrogens with zero attached hydrogens (tertiary/aromatic N) is 1. The van der Waals surface area contributed by atoms with Gasteiger partial charge in [0.25, 0.3) is 0 Å². The predicted molar refractivity (Wildman–Crippen MR) is 45.0 cm³/mol. The third-order valence-corrected chi connectivity index (χ3v) is 1.66. The molecule has 9 heavy (non-hydrogen) atoms. The number of aromatic nitrogens is 1. The fourth-order valence-corrected chi connectivity index (χ4v) is 0.986. The predicted octanol–water partition coefficient (Wildman–Crippen LogP) is 0.235. The minimum Gasteiger partial charge on any atom is -0.268 e. The van der Waals surface area contributed by atoms with Crippen LogP contribution in [0, 0.1) is 0 Å². The van der Waals surface area contributed by atoms with Crippen LogP contribution in [-0.2, 0) is 5.33 Å². The summed E-state index contributed by atoms with van der Waals surface area (Å²) in [7, 11) is 1.99. The monoisotopic (exact) mass is 183 g/mol. The van der Waals surface area contributed by atoms with Crippen molar-refractivity contribution in [3.05, 3.63) is 23.9 Å². The van der Waals surface area contributed by atoms with Crippen molar-refractivity contribution >= 4 is 29.4 Å². The number of alkyl halides is 1. The molecular weight excluding hydrogens is 177 g/mol. The number of pyridine rings is 1. The molecule has 46 valence electrons. The smallest absolute Gasteiger partial charge is 0.163 e. The first-order valence-corrected chi connectivity index (χ1v) is 3.93. The van der Waals surface area contributed by atoms with E-state index in [4.69, 9.17) is 0 Å². The summed E-state index contributed by atoms with van der Waals surface area (Å²) in [5.74, 6) is 0. The summed E-state index contributed by atoms with van der Waals surface area (Å²) in [6, 6.07) is 6.01. The molecule has 0 fully saturated rings. The zero-order valence-corrected chi connectivity index (χ0v) is 6.85. The molecule has 0 N–H and O–H groups in total. The Morgan fingerprint density at radius 3 is 2.78 bits per heavy atom. The second-order valence-electron chi connectivity index (χ2n) is 1.90. The summed E-state index contributed by atoms with van der Waals surface area (Å²) in [4.78, 5) is 4.24. The third kappa shape index (κ3) is 1.82. The lowest BCUT2D eigenvalue weighted by molar-refractivity contribution is 1.22. The third-order valence-electron chi connectivity index (χ3n) is 1.08. The van der Waals surface area contributed by atoms with Crippen LogP contribution in [0.1, 0.15) is 5.69 Å².